The Bertz CT molecular complexity index is 495. The molecule has 1 atom stereocenters. The van der Waals surface area contributed by atoms with E-state index in [2.05, 4.69) is 21.0 Å². The van der Waals surface area contributed by atoms with Crippen molar-refractivity contribution in [2.45, 2.75) is 26.3 Å². The molecular formula is C12H18ClN5O2. The van der Waals surface area contributed by atoms with Gasteiger partial charge in [0.2, 0.25) is 5.91 Å². The second-order valence-corrected chi connectivity index (χ2v) is 4.59. The molecule has 0 aliphatic heterocycles. The van der Waals surface area contributed by atoms with E-state index in [0.29, 0.717) is 6.54 Å². The number of hydrazine groups is 1. The van der Waals surface area contributed by atoms with Crippen LogP contribution in [-0.4, -0.2) is 29.4 Å². The maximum atomic E-state index is 11.9. The molecule has 1 aromatic heterocycles. The van der Waals surface area contributed by atoms with Gasteiger partial charge in [-0.2, -0.15) is 0 Å². The van der Waals surface area contributed by atoms with E-state index in [0.717, 1.165) is 6.42 Å². The zero-order valence-corrected chi connectivity index (χ0v) is 12.1. The molecule has 0 aliphatic rings. The van der Waals surface area contributed by atoms with Gasteiger partial charge in [-0.1, -0.05) is 18.5 Å². The second-order valence-electron chi connectivity index (χ2n) is 4.18. The molecule has 0 spiro atoms. The van der Waals surface area contributed by atoms with Gasteiger partial charge in [-0.25, -0.2) is 10.8 Å². The summed E-state index contributed by atoms with van der Waals surface area (Å²) in [5.74, 6) is 4.80. The first-order valence-corrected chi connectivity index (χ1v) is 6.58. The average Bonchev–Trinajstić information content (AvgIpc) is 2.44. The van der Waals surface area contributed by atoms with Gasteiger partial charge < -0.3 is 16.1 Å². The highest BCUT2D eigenvalue weighted by atomic mass is 35.5. The third-order valence-electron chi connectivity index (χ3n) is 2.53. The molecule has 0 aliphatic carbocycles. The van der Waals surface area contributed by atoms with Gasteiger partial charge in [0.15, 0.2) is 5.82 Å². The first-order chi connectivity index (χ1) is 9.49. The minimum absolute atomic E-state index is 0.225. The number of nitrogens with one attached hydrogen (secondary N) is 3. The van der Waals surface area contributed by atoms with Crippen LogP contribution in [0.1, 0.15) is 30.6 Å². The number of aromatic nitrogens is 1. The minimum atomic E-state index is -0.639. The Labute approximate surface area is 122 Å². The fourth-order valence-corrected chi connectivity index (χ4v) is 1.64. The number of rotatable bonds is 6. The summed E-state index contributed by atoms with van der Waals surface area (Å²) >= 11 is 5.88. The first kappa shape index (κ1) is 16.2. The van der Waals surface area contributed by atoms with Crippen molar-refractivity contribution >= 4 is 29.2 Å². The lowest BCUT2D eigenvalue weighted by atomic mass is 10.2. The molecule has 7 nitrogen and oxygen atoms in total. The Morgan fingerprint density at radius 2 is 2.20 bits per heavy atom. The van der Waals surface area contributed by atoms with Crippen LogP contribution in [0.15, 0.2) is 12.3 Å². The molecule has 0 saturated carbocycles. The molecule has 8 heteroatoms. The molecule has 0 aromatic carbocycles. The van der Waals surface area contributed by atoms with Crippen LogP contribution >= 0.6 is 11.6 Å². The molecule has 5 N–H and O–H groups in total. The van der Waals surface area contributed by atoms with Crippen molar-refractivity contribution in [3.8, 4) is 0 Å². The Hall–Kier alpha value is -1.86. The van der Waals surface area contributed by atoms with Gasteiger partial charge in [0.1, 0.15) is 6.04 Å². The van der Waals surface area contributed by atoms with Crippen LogP contribution in [0.2, 0.25) is 5.02 Å². The van der Waals surface area contributed by atoms with E-state index in [9.17, 15) is 9.59 Å². The smallest absolute Gasteiger partial charge is 0.253 e. The lowest BCUT2D eigenvalue weighted by Gasteiger charge is -2.14. The van der Waals surface area contributed by atoms with E-state index in [-0.39, 0.29) is 22.3 Å². The zero-order valence-electron chi connectivity index (χ0n) is 11.4. The van der Waals surface area contributed by atoms with Gasteiger partial charge in [-0.15, -0.1) is 0 Å². The maximum absolute atomic E-state index is 11.9. The van der Waals surface area contributed by atoms with Gasteiger partial charge in [0, 0.05) is 12.7 Å². The highest BCUT2D eigenvalue weighted by Crippen LogP contribution is 2.18. The summed E-state index contributed by atoms with van der Waals surface area (Å²) in [5, 5.41) is 5.49. The number of carbonyl (C=O) groups is 2. The molecule has 0 radical (unpaired) electrons. The van der Waals surface area contributed by atoms with E-state index in [4.69, 9.17) is 17.4 Å². The summed E-state index contributed by atoms with van der Waals surface area (Å²) < 4.78 is 0. The molecule has 1 unspecified atom stereocenters. The number of nitrogen functional groups attached to an aromatic ring is 1. The summed E-state index contributed by atoms with van der Waals surface area (Å²) in [6.45, 7) is 4.13. The van der Waals surface area contributed by atoms with Crippen molar-refractivity contribution in [3.63, 3.8) is 0 Å². The molecule has 0 fully saturated rings. The van der Waals surface area contributed by atoms with Gasteiger partial charge in [-0.05, 0) is 19.4 Å². The van der Waals surface area contributed by atoms with Crippen molar-refractivity contribution in [2.75, 3.05) is 12.0 Å². The van der Waals surface area contributed by atoms with Crippen molar-refractivity contribution < 1.29 is 9.59 Å². The highest BCUT2D eigenvalue weighted by Gasteiger charge is 2.17. The van der Waals surface area contributed by atoms with Crippen molar-refractivity contribution in [2.24, 2.45) is 5.84 Å². The number of amides is 2. The minimum Gasteiger partial charge on any atom is -0.354 e. The van der Waals surface area contributed by atoms with Crippen molar-refractivity contribution in [1.29, 1.82) is 0 Å². The van der Waals surface area contributed by atoms with Crippen molar-refractivity contribution in [1.82, 2.24) is 15.6 Å². The van der Waals surface area contributed by atoms with E-state index in [1.165, 1.54) is 12.3 Å². The lowest BCUT2D eigenvalue weighted by Crippen LogP contribution is -2.45. The standard InChI is InChI=1S/C12H18ClN5O2/c1-3-4-15-11(19)7(2)17-12(20)8-5-9(13)10(18-14)16-6-8/h5-7H,3-4,14H2,1-2H3,(H,15,19)(H,16,18)(H,17,20). The molecule has 1 rings (SSSR count). The summed E-state index contributed by atoms with van der Waals surface area (Å²) in [5.41, 5.74) is 2.56. The van der Waals surface area contributed by atoms with Gasteiger partial charge in [0.05, 0.1) is 10.6 Å². The summed E-state index contributed by atoms with van der Waals surface area (Å²) in [7, 11) is 0. The fourth-order valence-electron chi connectivity index (χ4n) is 1.42. The topological polar surface area (TPSA) is 109 Å². The molecule has 1 heterocycles. The number of hydrogen-bond donors (Lipinski definition) is 4. The number of halogens is 1. The number of pyridine rings is 1. The molecular weight excluding hydrogens is 282 g/mol. The number of nitrogens with zero attached hydrogens (tertiary/aromatic N) is 1. The van der Waals surface area contributed by atoms with E-state index >= 15 is 0 Å². The highest BCUT2D eigenvalue weighted by molar-refractivity contribution is 6.33. The maximum Gasteiger partial charge on any atom is 0.253 e. The Morgan fingerprint density at radius 3 is 2.75 bits per heavy atom. The average molecular weight is 300 g/mol. The Kier molecular flexibility index (Phi) is 6.20. The molecule has 1 aromatic rings. The SMILES string of the molecule is CCCNC(=O)C(C)NC(=O)c1cnc(NN)c(Cl)c1. The summed E-state index contributed by atoms with van der Waals surface area (Å²) in [4.78, 5) is 27.5. The van der Waals surface area contributed by atoms with E-state index in [1.54, 1.807) is 6.92 Å². The quantitative estimate of drug-likeness (QED) is 0.456. The molecule has 2 amide bonds. The van der Waals surface area contributed by atoms with E-state index < -0.39 is 11.9 Å². The lowest BCUT2D eigenvalue weighted by molar-refractivity contribution is -0.122. The fraction of sp³-hybridized carbons (Fsp3) is 0.417. The predicted molar refractivity (Wildman–Crippen MR) is 77.3 cm³/mol. The normalized spacial score (nSPS) is 11.6. The third kappa shape index (κ3) is 4.36. The molecule has 0 bridgehead atoms. The number of carbonyl (C=O) groups excluding carboxylic acids is 2. The monoisotopic (exact) mass is 299 g/mol. The Morgan fingerprint density at radius 1 is 1.50 bits per heavy atom. The zero-order chi connectivity index (χ0) is 15.1. The number of hydrogen-bond acceptors (Lipinski definition) is 5. The van der Waals surface area contributed by atoms with Crippen LogP contribution in [0.4, 0.5) is 5.82 Å². The summed E-state index contributed by atoms with van der Waals surface area (Å²) in [6.07, 6.45) is 2.16. The first-order valence-electron chi connectivity index (χ1n) is 6.20. The Balaban J connectivity index is 2.66. The largest absolute Gasteiger partial charge is 0.354 e. The van der Waals surface area contributed by atoms with Gasteiger partial charge in [0.25, 0.3) is 5.91 Å². The second kappa shape index (κ2) is 7.66. The third-order valence-corrected chi connectivity index (χ3v) is 2.82. The van der Waals surface area contributed by atoms with E-state index in [1.807, 2.05) is 6.92 Å². The van der Waals surface area contributed by atoms with Crippen LogP contribution in [0.5, 0.6) is 0 Å². The molecule has 0 saturated heterocycles. The van der Waals surface area contributed by atoms with Crippen LogP contribution in [0.3, 0.4) is 0 Å². The van der Waals surface area contributed by atoms with Crippen molar-refractivity contribution in [3.05, 3.63) is 22.8 Å². The van der Waals surface area contributed by atoms with Gasteiger partial charge in [-0.3, -0.25) is 9.59 Å². The van der Waals surface area contributed by atoms with Crippen LogP contribution in [0, 0.1) is 0 Å². The van der Waals surface area contributed by atoms with Gasteiger partial charge >= 0.3 is 0 Å². The number of nitrogens with two attached hydrogens (primary N) is 1. The van der Waals surface area contributed by atoms with Crippen LogP contribution < -0.4 is 21.9 Å². The molecule has 20 heavy (non-hydrogen) atoms. The van der Waals surface area contributed by atoms with Crippen LogP contribution in [-0.2, 0) is 4.79 Å². The summed E-state index contributed by atoms with van der Waals surface area (Å²) in [6, 6.07) is 0.788. The predicted octanol–water partition coefficient (Wildman–Crippen LogP) is 0.665. The van der Waals surface area contributed by atoms with Crippen LogP contribution in [0.25, 0.3) is 0 Å². The molecule has 110 valence electrons. The number of anilines is 1.